The van der Waals surface area contributed by atoms with Crippen LogP contribution >= 0.6 is 34.8 Å². The molecule has 0 atom stereocenters. The summed E-state index contributed by atoms with van der Waals surface area (Å²) in [6, 6.07) is 10.8. The van der Waals surface area contributed by atoms with E-state index in [1.807, 2.05) is 18.2 Å². The van der Waals surface area contributed by atoms with Crippen LogP contribution in [0.1, 0.15) is 55.6 Å². The number of ether oxygens (including phenoxy) is 1. The quantitative estimate of drug-likeness (QED) is 0.493. The molecule has 5 rings (SSSR count). The molecule has 33 heavy (non-hydrogen) atoms. The number of halogens is 3. The Hall–Kier alpha value is -2.27. The van der Waals surface area contributed by atoms with Crippen LogP contribution in [0.5, 0.6) is 5.75 Å². The predicted octanol–water partition coefficient (Wildman–Crippen LogP) is 6.93. The van der Waals surface area contributed by atoms with E-state index < -0.39 is 5.92 Å². The van der Waals surface area contributed by atoms with Crippen molar-refractivity contribution in [3.8, 4) is 5.75 Å². The van der Waals surface area contributed by atoms with Crippen LogP contribution in [0.25, 0.3) is 0 Å². The number of carbonyl (C=O) groups excluding carboxylic acids is 2. The van der Waals surface area contributed by atoms with Crippen molar-refractivity contribution >= 4 is 46.4 Å². The second-order valence-corrected chi connectivity index (χ2v) is 9.90. The summed E-state index contributed by atoms with van der Waals surface area (Å²) in [7, 11) is 0. The van der Waals surface area contributed by atoms with Gasteiger partial charge in [-0.2, -0.15) is 0 Å². The number of carbonyl (C=O) groups is 2. The van der Waals surface area contributed by atoms with E-state index in [1.54, 1.807) is 18.2 Å². The summed E-state index contributed by atoms with van der Waals surface area (Å²) >= 11 is 19.2. The van der Waals surface area contributed by atoms with Gasteiger partial charge in [-0.3, -0.25) is 9.59 Å². The van der Waals surface area contributed by atoms with Crippen molar-refractivity contribution in [1.29, 1.82) is 0 Å². The smallest absolute Gasteiger partial charge is 0.161 e. The molecule has 2 aliphatic carbocycles. The van der Waals surface area contributed by atoms with Crippen molar-refractivity contribution in [3.63, 3.8) is 0 Å². The molecule has 0 amide bonds. The van der Waals surface area contributed by atoms with Gasteiger partial charge in [-0.25, -0.2) is 0 Å². The molecule has 0 aromatic heterocycles. The van der Waals surface area contributed by atoms with Crippen LogP contribution in [0, 0.1) is 0 Å². The first-order valence-corrected chi connectivity index (χ1v) is 12.2. The summed E-state index contributed by atoms with van der Waals surface area (Å²) in [4.78, 5) is 26.3. The monoisotopic (exact) mass is 501 g/mol. The fourth-order valence-corrected chi connectivity index (χ4v) is 5.80. The van der Waals surface area contributed by atoms with Crippen LogP contribution in [0.4, 0.5) is 0 Å². The van der Waals surface area contributed by atoms with E-state index in [0.717, 1.165) is 42.6 Å². The molecule has 0 spiro atoms. The largest absolute Gasteiger partial charge is 0.487 e. The third-order valence-corrected chi connectivity index (χ3v) is 7.15. The third-order valence-electron chi connectivity index (χ3n) is 6.41. The number of allylic oxidation sites excluding steroid dienone is 4. The lowest BCUT2D eigenvalue weighted by molar-refractivity contribution is -0.116. The van der Waals surface area contributed by atoms with Crippen molar-refractivity contribution in [3.05, 3.63) is 85.1 Å². The maximum Gasteiger partial charge on any atom is 0.161 e. The lowest BCUT2D eigenvalue weighted by Gasteiger charge is -2.37. The van der Waals surface area contributed by atoms with Gasteiger partial charge >= 0.3 is 0 Å². The van der Waals surface area contributed by atoms with Gasteiger partial charge < -0.3 is 10.1 Å². The molecule has 0 unspecified atom stereocenters. The first-order chi connectivity index (χ1) is 15.9. The molecule has 2 aromatic rings. The van der Waals surface area contributed by atoms with E-state index in [0.29, 0.717) is 50.4 Å². The van der Waals surface area contributed by atoms with Gasteiger partial charge in [0.1, 0.15) is 12.4 Å². The lowest BCUT2D eigenvalue weighted by Crippen LogP contribution is -2.36. The van der Waals surface area contributed by atoms with E-state index in [-0.39, 0.29) is 18.2 Å². The Balaban J connectivity index is 1.64. The van der Waals surface area contributed by atoms with Gasteiger partial charge in [0.15, 0.2) is 11.6 Å². The molecule has 1 aliphatic heterocycles. The molecule has 7 heteroatoms. The van der Waals surface area contributed by atoms with Crippen LogP contribution < -0.4 is 10.1 Å². The zero-order valence-electron chi connectivity index (χ0n) is 17.8. The summed E-state index contributed by atoms with van der Waals surface area (Å²) in [6.07, 6.45) is 4.05. The Morgan fingerprint density at radius 3 is 2.15 bits per heavy atom. The fourth-order valence-electron chi connectivity index (χ4n) is 5.02. The van der Waals surface area contributed by atoms with E-state index in [4.69, 9.17) is 39.5 Å². The molecule has 0 saturated heterocycles. The molecule has 0 saturated carbocycles. The Morgan fingerprint density at radius 2 is 1.52 bits per heavy atom. The van der Waals surface area contributed by atoms with Gasteiger partial charge in [0, 0.05) is 56.9 Å². The van der Waals surface area contributed by atoms with Crippen molar-refractivity contribution in [1.82, 2.24) is 5.32 Å². The summed E-state index contributed by atoms with van der Waals surface area (Å²) in [5.74, 6) is -0.00285. The van der Waals surface area contributed by atoms with Gasteiger partial charge in [-0.1, -0.05) is 46.9 Å². The number of ketones is 2. The Labute approximate surface area is 207 Å². The zero-order chi connectivity index (χ0) is 23.1. The molecule has 3 aliphatic rings. The molecule has 0 bridgehead atoms. The molecular formula is C26H22Cl3NO3. The number of dihydropyridines is 1. The van der Waals surface area contributed by atoms with Crippen LogP contribution in [0.3, 0.4) is 0 Å². The SMILES string of the molecule is O=C1CCCC2=C1C(c1cc(Cl)cc(Cl)c1OCc1cccc(Cl)c1)C1=C(CCCC1=O)N2. The van der Waals surface area contributed by atoms with E-state index in [9.17, 15) is 9.59 Å². The Morgan fingerprint density at radius 1 is 0.848 bits per heavy atom. The molecule has 0 radical (unpaired) electrons. The van der Waals surface area contributed by atoms with Crippen LogP contribution in [0.15, 0.2) is 58.9 Å². The topological polar surface area (TPSA) is 55.4 Å². The third kappa shape index (κ3) is 4.32. The number of hydrogen-bond acceptors (Lipinski definition) is 4. The average Bonchev–Trinajstić information content (AvgIpc) is 2.77. The number of rotatable bonds is 4. The second-order valence-electron chi connectivity index (χ2n) is 8.62. The highest BCUT2D eigenvalue weighted by molar-refractivity contribution is 6.35. The molecule has 170 valence electrons. The molecule has 2 aromatic carbocycles. The lowest BCUT2D eigenvalue weighted by atomic mass is 9.71. The van der Waals surface area contributed by atoms with Gasteiger partial charge in [-0.15, -0.1) is 0 Å². The highest BCUT2D eigenvalue weighted by atomic mass is 35.5. The highest BCUT2D eigenvalue weighted by Gasteiger charge is 2.41. The van der Waals surface area contributed by atoms with Crippen molar-refractivity contribution in [2.75, 3.05) is 0 Å². The number of hydrogen-bond donors (Lipinski definition) is 1. The predicted molar refractivity (Wildman–Crippen MR) is 130 cm³/mol. The van der Waals surface area contributed by atoms with E-state index in [1.165, 1.54) is 0 Å². The fraction of sp³-hybridized carbons (Fsp3) is 0.308. The summed E-state index contributed by atoms with van der Waals surface area (Å²) < 4.78 is 6.21. The van der Waals surface area contributed by atoms with E-state index >= 15 is 0 Å². The molecule has 4 nitrogen and oxygen atoms in total. The second kappa shape index (κ2) is 9.17. The van der Waals surface area contributed by atoms with Crippen molar-refractivity contribution < 1.29 is 14.3 Å². The normalized spacial score (nSPS) is 18.8. The van der Waals surface area contributed by atoms with Crippen LogP contribution in [-0.4, -0.2) is 11.6 Å². The first kappa shape index (κ1) is 22.5. The van der Waals surface area contributed by atoms with Crippen molar-refractivity contribution in [2.45, 2.75) is 51.0 Å². The standard InChI is InChI=1S/C26H22Cl3NO3/c27-15-5-1-4-14(10-15)13-33-26-17(11-16(28)12-18(26)29)23-24-19(6-2-8-21(24)31)30-20-7-3-9-22(32)25(20)23/h1,4-5,10-12,23,30H,2-3,6-9,13H2. The first-order valence-electron chi connectivity index (χ1n) is 11.1. The maximum absolute atomic E-state index is 13.1. The van der Waals surface area contributed by atoms with Gasteiger partial charge in [-0.05, 0) is 55.5 Å². The summed E-state index contributed by atoms with van der Waals surface area (Å²) in [6.45, 7) is 0.236. The molecular weight excluding hydrogens is 481 g/mol. The van der Waals surface area contributed by atoms with Crippen LogP contribution in [-0.2, 0) is 16.2 Å². The van der Waals surface area contributed by atoms with Crippen molar-refractivity contribution in [2.24, 2.45) is 0 Å². The molecule has 1 N–H and O–H groups in total. The Kier molecular flexibility index (Phi) is 6.26. The molecule has 1 heterocycles. The minimum absolute atomic E-state index is 0.0514. The van der Waals surface area contributed by atoms with Gasteiger partial charge in [0.05, 0.1) is 5.02 Å². The average molecular weight is 503 g/mol. The minimum atomic E-state index is -0.539. The number of Topliss-reactive ketones (excluding diaryl/α,β-unsaturated/α-hetero) is 2. The van der Waals surface area contributed by atoms with Gasteiger partial charge in [0.2, 0.25) is 0 Å². The van der Waals surface area contributed by atoms with Crippen LogP contribution in [0.2, 0.25) is 15.1 Å². The number of nitrogens with one attached hydrogen (secondary N) is 1. The highest BCUT2D eigenvalue weighted by Crippen LogP contribution is 2.49. The number of benzene rings is 2. The summed E-state index contributed by atoms with van der Waals surface area (Å²) in [5, 5.41) is 4.81. The van der Waals surface area contributed by atoms with E-state index in [2.05, 4.69) is 5.32 Å². The van der Waals surface area contributed by atoms with Gasteiger partial charge in [0.25, 0.3) is 0 Å². The zero-order valence-corrected chi connectivity index (χ0v) is 20.1. The Bertz CT molecular complexity index is 1190. The minimum Gasteiger partial charge on any atom is -0.487 e. The molecule has 0 fully saturated rings. The maximum atomic E-state index is 13.1. The summed E-state index contributed by atoms with van der Waals surface area (Å²) in [5.41, 5.74) is 4.62.